The van der Waals surface area contributed by atoms with Crippen LogP contribution in [-0.2, 0) is 12.7 Å². The van der Waals surface area contributed by atoms with Crippen molar-refractivity contribution in [2.75, 3.05) is 13.1 Å². The van der Waals surface area contributed by atoms with E-state index in [1.807, 2.05) is 0 Å². The predicted octanol–water partition coefficient (Wildman–Crippen LogP) is 4.23. The van der Waals surface area contributed by atoms with Crippen LogP contribution in [0.4, 0.5) is 13.2 Å². The molecule has 1 saturated heterocycles. The molecule has 1 aromatic heterocycles. The van der Waals surface area contributed by atoms with Crippen molar-refractivity contribution in [3.63, 3.8) is 0 Å². The minimum absolute atomic E-state index is 0.189. The molecule has 0 N–H and O–H groups in total. The van der Waals surface area contributed by atoms with E-state index in [1.165, 1.54) is 12.5 Å². The second kappa shape index (κ2) is 6.55. The zero-order valence-electron chi connectivity index (χ0n) is 13.7. The van der Waals surface area contributed by atoms with Gasteiger partial charge in [-0.25, -0.2) is 0 Å². The topological polar surface area (TPSA) is 42.2 Å². The fraction of sp³-hybridized carbons (Fsp3) is 0.529. The predicted molar refractivity (Wildman–Crippen MR) is 83.0 cm³/mol. The number of alkyl halides is 3. The highest BCUT2D eigenvalue weighted by Gasteiger charge is 2.31. The van der Waals surface area contributed by atoms with Gasteiger partial charge in [-0.15, -0.1) is 0 Å². The smallest absolute Gasteiger partial charge is 0.338 e. The number of piperidine rings is 1. The molecule has 3 rings (SSSR count). The van der Waals surface area contributed by atoms with Gasteiger partial charge >= 0.3 is 6.18 Å². The highest BCUT2D eigenvalue weighted by Crippen LogP contribution is 2.31. The van der Waals surface area contributed by atoms with Gasteiger partial charge in [-0.2, -0.15) is 18.2 Å². The van der Waals surface area contributed by atoms with Crippen LogP contribution in [0.25, 0.3) is 11.4 Å². The molecular formula is C17H20F3N3O. The van der Waals surface area contributed by atoms with Gasteiger partial charge in [0.2, 0.25) is 11.7 Å². The molecule has 0 unspecified atom stereocenters. The molecule has 1 aliphatic rings. The molecule has 2 atom stereocenters. The van der Waals surface area contributed by atoms with Gasteiger partial charge in [-0.05, 0) is 30.4 Å². The molecule has 4 nitrogen and oxygen atoms in total. The maximum Gasteiger partial charge on any atom is 0.416 e. The van der Waals surface area contributed by atoms with Crippen LogP contribution in [0, 0.1) is 11.8 Å². The maximum atomic E-state index is 12.8. The van der Waals surface area contributed by atoms with E-state index in [-0.39, 0.29) is 5.82 Å². The summed E-state index contributed by atoms with van der Waals surface area (Å²) in [6.07, 6.45) is -3.18. The van der Waals surface area contributed by atoms with Crippen molar-refractivity contribution in [2.24, 2.45) is 11.8 Å². The van der Waals surface area contributed by atoms with E-state index in [4.69, 9.17) is 4.52 Å². The summed E-state index contributed by atoms with van der Waals surface area (Å²) in [6.45, 7) is 6.88. The van der Waals surface area contributed by atoms with E-state index in [0.29, 0.717) is 29.8 Å². The van der Waals surface area contributed by atoms with Crippen LogP contribution in [0.2, 0.25) is 0 Å². The Morgan fingerprint density at radius 1 is 1.21 bits per heavy atom. The van der Waals surface area contributed by atoms with Crippen molar-refractivity contribution in [3.05, 3.63) is 35.7 Å². The average Bonchev–Trinajstić information content (AvgIpc) is 2.94. The Kier molecular flexibility index (Phi) is 4.62. The van der Waals surface area contributed by atoms with Crippen LogP contribution in [-0.4, -0.2) is 28.1 Å². The standard InChI is InChI=1S/C17H20F3N3O/c1-11-6-12(2)9-23(8-11)10-15-21-16(22-24-15)13-4-3-5-14(7-13)17(18,19)20/h3-5,7,11-12H,6,8-10H2,1-2H3/t11-,12+. The monoisotopic (exact) mass is 339 g/mol. The first kappa shape index (κ1) is 17.0. The maximum absolute atomic E-state index is 12.8. The SMILES string of the molecule is C[C@@H]1C[C@H](C)CN(Cc2nc(-c3cccc(C(F)(F)F)c3)no2)C1. The third-order valence-electron chi connectivity index (χ3n) is 4.22. The van der Waals surface area contributed by atoms with Crippen LogP contribution < -0.4 is 0 Å². The fourth-order valence-electron chi connectivity index (χ4n) is 3.38. The molecule has 0 saturated carbocycles. The zero-order chi connectivity index (χ0) is 17.3. The lowest BCUT2D eigenvalue weighted by Crippen LogP contribution is -2.38. The first-order valence-electron chi connectivity index (χ1n) is 8.04. The molecular weight excluding hydrogens is 319 g/mol. The van der Waals surface area contributed by atoms with Gasteiger partial charge in [0, 0.05) is 18.7 Å². The van der Waals surface area contributed by atoms with Crippen molar-refractivity contribution in [3.8, 4) is 11.4 Å². The number of likely N-dealkylation sites (tertiary alicyclic amines) is 1. The second-order valence-electron chi connectivity index (χ2n) is 6.73. The highest BCUT2D eigenvalue weighted by molar-refractivity contribution is 5.55. The molecule has 2 heterocycles. The van der Waals surface area contributed by atoms with Gasteiger partial charge in [0.1, 0.15) is 0 Å². The molecule has 130 valence electrons. The number of hydrogen-bond donors (Lipinski definition) is 0. The lowest BCUT2D eigenvalue weighted by Gasteiger charge is -2.33. The first-order chi connectivity index (χ1) is 11.3. The number of rotatable bonds is 3. The third-order valence-corrected chi connectivity index (χ3v) is 4.22. The summed E-state index contributed by atoms with van der Waals surface area (Å²) in [5.74, 6) is 1.84. The Labute approximate surface area is 138 Å². The van der Waals surface area contributed by atoms with Crippen molar-refractivity contribution >= 4 is 0 Å². The number of benzene rings is 1. The van der Waals surface area contributed by atoms with E-state index in [2.05, 4.69) is 28.9 Å². The molecule has 0 spiro atoms. The Morgan fingerprint density at radius 3 is 2.58 bits per heavy atom. The minimum Gasteiger partial charge on any atom is -0.338 e. The Balaban J connectivity index is 1.74. The molecule has 0 aliphatic carbocycles. The minimum atomic E-state index is -4.39. The van der Waals surface area contributed by atoms with Gasteiger partial charge in [0.25, 0.3) is 0 Å². The number of nitrogens with zero attached hydrogens (tertiary/aromatic N) is 3. The fourth-order valence-corrected chi connectivity index (χ4v) is 3.38. The normalized spacial score (nSPS) is 22.7. The quantitative estimate of drug-likeness (QED) is 0.839. The molecule has 1 aliphatic heterocycles. The Bertz CT molecular complexity index is 688. The Morgan fingerprint density at radius 2 is 1.92 bits per heavy atom. The summed E-state index contributed by atoms with van der Waals surface area (Å²) in [7, 11) is 0. The van der Waals surface area contributed by atoms with Crippen LogP contribution >= 0.6 is 0 Å². The molecule has 24 heavy (non-hydrogen) atoms. The molecule has 2 aromatic rings. The van der Waals surface area contributed by atoms with Gasteiger partial charge in [0.15, 0.2) is 0 Å². The van der Waals surface area contributed by atoms with Crippen LogP contribution in [0.1, 0.15) is 31.7 Å². The molecule has 7 heteroatoms. The van der Waals surface area contributed by atoms with Crippen LogP contribution in [0.3, 0.4) is 0 Å². The molecule has 0 amide bonds. The summed E-state index contributed by atoms with van der Waals surface area (Å²) in [5.41, 5.74) is -0.412. The molecule has 0 bridgehead atoms. The van der Waals surface area contributed by atoms with Gasteiger partial charge < -0.3 is 4.52 Å². The summed E-state index contributed by atoms with van der Waals surface area (Å²) in [5, 5.41) is 3.83. The largest absolute Gasteiger partial charge is 0.416 e. The van der Waals surface area contributed by atoms with Gasteiger partial charge in [0.05, 0.1) is 12.1 Å². The van der Waals surface area contributed by atoms with E-state index < -0.39 is 11.7 Å². The second-order valence-corrected chi connectivity index (χ2v) is 6.73. The van der Waals surface area contributed by atoms with Crippen molar-refractivity contribution in [1.29, 1.82) is 0 Å². The lowest BCUT2D eigenvalue weighted by molar-refractivity contribution is -0.137. The van der Waals surface area contributed by atoms with E-state index in [1.54, 1.807) is 6.07 Å². The van der Waals surface area contributed by atoms with Crippen molar-refractivity contribution in [1.82, 2.24) is 15.0 Å². The number of halogens is 3. The van der Waals surface area contributed by atoms with E-state index >= 15 is 0 Å². The third kappa shape index (κ3) is 3.95. The Hall–Kier alpha value is -1.89. The van der Waals surface area contributed by atoms with E-state index in [9.17, 15) is 13.2 Å². The molecule has 0 radical (unpaired) electrons. The van der Waals surface area contributed by atoms with Gasteiger partial charge in [-0.3, -0.25) is 4.90 Å². The molecule has 1 aromatic carbocycles. The number of hydrogen-bond acceptors (Lipinski definition) is 4. The summed E-state index contributed by atoms with van der Waals surface area (Å²) < 4.78 is 43.6. The number of aromatic nitrogens is 2. The van der Waals surface area contributed by atoms with Crippen molar-refractivity contribution < 1.29 is 17.7 Å². The van der Waals surface area contributed by atoms with Crippen LogP contribution in [0.5, 0.6) is 0 Å². The summed E-state index contributed by atoms with van der Waals surface area (Å²) >= 11 is 0. The van der Waals surface area contributed by atoms with Gasteiger partial charge in [-0.1, -0.05) is 31.1 Å². The highest BCUT2D eigenvalue weighted by atomic mass is 19.4. The summed E-state index contributed by atoms with van der Waals surface area (Å²) in [4.78, 5) is 6.51. The zero-order valence-corrected chi connectivity index (χ0v) is 13.7. The van der Waals surface area contributed by atoms with Crippen molar-refractivity contribution in [2.45, 2.75) is 33.0 Å². The average molecular weight is 339 g/mol. The lowest BCUT2D eigenvalue weighted by atomic mass is 9.92. The summed E-state index contributed by atoms with van der Waals surface area (Å²) in [6, 6.07) is 4.97. The van der Waals surface area contributed by atoms with E-state index in [0.717, 1.165) is 25.2 Å². The molecule has 1 fully saturated rings. The first-order valence-corrected chi connectivity index (χ1v) is 8.04. The van der Waals surface area contributed by atoms with Crippen LogP contribution in [0.15, 0.2) is 28.8 Å².